The number of hydrogen-bond acceptors (Lipinski definition) is 1. The Kier molecular flexibility index (Phi) is 3.58. The van der Waals surface area contributed by atoms with Crippen molar-refractivity contribution in [3.63, 3.8) is 0 Å². The van der Waals surface area contributed by atoms with Crippen LogP contribution in [0.2, 0.25) is 5.02 Å². The predicted molar refractivity (Wildman–Crippen MR) is 86.9 cm³/mol. The van der Waals surface area contributed by atoms with Crippen molar-refractivity contribution in [3.8, 4) is 0 Å². The first-order chi connectivity index (χ1) is 9.66. The molecule has 1 saturated heterocycles. The number of fused-ring (bicyclic) bond motifs is 1. The average Bonchev–Trinajstić information content (AvgIpc) is 2.89. The number of hydrogen-bond donors (Lipinski definition) is 1. The molecule has 0 radical (unpaired) electrons. The first-order valence-corrected chi connectivity index (χ1v) is 7.45. The molecule has 2 heterocycles. The highest BCUT2D eigenvalue weighted by molar-refractivity contribution is 6.31. The molecule has 0 unspecified atom stereocenters. The highest BCUT2D eigenvalue weighted by Gasteiger charge is 2.17. The number of aromatic nitrogens is 1. The molecule has 2 nitrogen and oxygen atoms in total. The SMILES string of the molecule is C=C(C(=C)N1CCCCC1)c1c[nH]c2cc(Cl)ccc12. The summed E-state index contributed by atoms with van der Waals surface area (Å²) >= 11 is 6.02. The second kappa shape index (κ2) is 5.37. The van der Waals surface area contributed by atoms with E-state index in [-0.39, 0.29) is 0 Å². The van der Waals surface area contributed by atoms with Gasteiger partial charge >= 0.3 is 0 Å². The quantitative estimate of drug-likeness (QED) is 0.801. The van der Waals surface area contributed by atoms with E-state index in [1.807, 2.05) is 24.4 Å². The van der Waals surface area contributed by atoms with Crippen molar-refractivity contribution in [1.29, 1.82) is 0 Å². The second-order valence-electron chi connectivity index (χ2n) is 5.37. The largest absolute Gasteiger partial charge is 0.372 e. The standard InChI is InChI=1S/C17H19ClN2/c1-12(13(2)20-8-4-3-5-9-20)16-11-19-17-10-14(18)6-7-15(16)17/h6-7,10-11,19H,1-5,8-9H2. The van der Waals surface area contributed by atoms with Crippen molar-refractivity contribution in [1.82, 2.24) is 9.88 Å². The summed E-state index contributed by atoms with van der Waals surface area (Å²) in [6.07, 6.45) is 5.81. The number of nitrogens with zero attached hydrogens (tertiary/aromatic N) is 1. The molecule has 0 aliphatic carbocycles. The molecular weight excluding hydrogens is 268 g/mol. The molecule has 1 aromatic carbocycles. The molecule has 0 spiro atoms. The van der Waals surface area contributed by atoms with Crippen LogP contribution in [0.15, 0.2) is 43.3 Å². The Morgan fingerprint density at radius 3 is 2.65 bits per heavy atom. The Morgan fingerprint density at radius 1 is 1.15 bits per heavy atom. The van der Waals surface area contributed by atoms with Crippen molar-refractivity contribution in [2.75, 3.05) is 13.1 Å². The zero-order valence-electron chi connectivity index (χ0n) is 11.6. The average molecular weight is 287 g/mol. The summed E-state index contributed by atoms with van der Waals surface area (Å²) in [7, 11) is 0. The van der Waals surface area contributed by atoms with E-state index in [1.165, 1.54) is 19.3 Å². The van der Waals surface area contributed by atoms with Gasteiger partial charge in [0.1, 0.15) is 0 Å². The van der Waals surface area contributed by atoms with E-state index in [9.17, 15) is 0 Å². The van der Waals surface area contributed by atoms with Crippen LogP contribution in [0.3, 0.4) is 0 Å². The van der Waals surface area contributed by atoms with E-state index in [4.69, 9.17) is 11.6 Å². The topological polar surface area (TPSA) is 19.0 Å². The normalized spacial score (nSPS) is 15.6. The fraction of sp³-hybridized carbons (Fsp3) is 0.294. The summed E-state index contributed by atoms with van der Waals surface area (Å²) in [5.74, 6) is 0. The van der Waals surface area contributed by atoms with Gasteiger partial charge in [-0.3, -0.25) is 0 Å². The first-order valence-electron chi connectivity index (χ1n) is 7.07. The lowest BCUT2D eigenvalue weighted by molar-refractivity contribution is 0.296. The lowest BCUT2D eigenvalue weighted by Gasteiger charge is -2.31. The number of rotatable bonds is 3. The molecule has 0 bridgehead atoms. The third kappa shape index (κ3) is 2.36. The maximum atomic E-state index is 6.02. The minimum atomic E-state index is 0.742. The van der Waals surface area contributed by atoms with E-state index in [2.05, 4.69) is 23.0 Å². The highest BCUT2D eigenvalue weighted by atomic mass is 35.5. The fourth-order valence-electron chi connectivity index (χ4n) is 2.86. The number of likely N-dealkylation sites (tertiary alicyclic amines) is 1. The molecule has 1 fully saturated rings. The number of halogens is 1. The van der Waals surface area contributed by atoms with Gasteiger partial charge in [-0.15, -0.1) is 0 Å². The van der Waals surface area contributed by atoms with Crippen LogP contribution in [0.1, 0.15) is 24.8 Å². The number of piperidine rings is 1. The van der Waals surface area contributed by atoms with Crippen LogP contribution in [0.4, 0.5) is 0 Å². The minimum Gasteiger partial charge on any atom is -0.372 e. The molecule has 104 valence electrons. The van der Waals surface area contributed by atoms with Gasteiger partial charge in [0.25, 0.3) is 0 Å². The molecule has 3 heteroatoms. The van der Waals surface area contributed by atoms with E-state index in [0.29, 0.717) is 0 Å². The molecule has 0 atom stereocenters. The summed E-state index contributed by atoms with van der Waals surface area (Å²) in [6.45, 7) is 10.7. The molecule has 20 heavy (non-hydrogen) atoms. The van der Waals surface area contributed by atoms with Gasteiger partial charge in [0.2, 0.25) is 0 Å². The third-order valence-corrected chi connectivity index (χ3v) is 4.29. The Hall–Kier alpha value is -1.67. The van der Waals surface area contributed by atoms with Crippen molar-refractivity contribution in [3.05, 3.63) is 53.8 Å². The summed E-state index contributed by atoms with van der Waals surface area (Å²) < 4.78 is 0. The van der Waals surface area contributed by atoms with Gasteiger partial charge in [0.05, 0.1) is 0 Å². The summed E-state index contributed by atoms with van der Waals surface area (Å²) in [4.78, 5) is 5.61. The Bertz CT molecular complexity index is 663. The van der Waals surface area contributed by atoms with Crippen molar-refractivity contribution in [2.45, 2.75) is 19.3 Å². The van der Waals surface area contributed by atoms with Crippen LogP contribution in [0, 0.1) is 0 Å². The van der Waals surface area contributed by atoms with E-state index in [1.54, 1.807) is 0 Å². The van der Waals surface area contributed by atoms with Crippen LogP contribution < -0.4 is 0 Å². The molecular formula is C17H19ClN2. The molecule has 0 saturated carbocycles. The zero-order chi connectivity index (χ0) is 14.1. The maximum absolute atomic E-state index is 6.02. The number of aromatic amines is 1. The van der Waals surface area contributed by atoms with Gasteiger partial charge in [0, 0.05) is 46.5 Å². The lowest BCUT2D eigenvalue weighted by atomic mass is 10.0. The highest BCUT2D eigenvalue weighted by Crippen LogP contribution is 2.31. The number of H-pyrrole nitrogens is 1. The second-order valence-corrected chi connectivity index (χ2v) is 5.80. The van der Waals surface area contributed by atoms with Crippen molar-refractivity contribution in [2.24, 2.45) is 0 Å². The molecule has 2 aromatic rings. The Balaban J connectivity index is 1.90. The summed E-state index contributed by atoms with van der Waals surface area (Å²) in [5, 5.41) is 1.89. The smallest absolute Gasteiger partial charge is 0.0475 e. The van der Waals surface area contributed by atoms with Gasteiger partial charge < -0.3 is 9.88 Å². The van der Waals surface area contributed by atoms with E-state index >= 15 is 0 Å². The maximum Gasteiger partial charge on any atom is 0.0475 e. The number of nitrogens with one attached hydrogen (secondary N) is 1. The van der Waals surface area contributed by atoms with Crippen LogP contribution in [0.5, 0.6) is 0 Å². The molecule has 1 aromatic heterocycles. The van der Waals surface area contributed by atoms with Gasteiger partial charge in [-0.05, 0) is 37.0 Å². The van der Waals surface area contributed by atoms with Gasteiger partial charge in [0.15, 0.2) is 0 Å². The van der Waals surface area contributed by atoms with Crippen molar-refractivity contribution < 1.29 is 0 Å². The zero-order valence-corrected chi connectivity index (χ0v) is 12.3. The van der Waals surface area contributed by atoms with Crippen LogP contribution >= 0.6 is 11.6 Å². The molecule has 3 rings (SSSR count). The predicted octanol–water partition coefficient (Wildman–Crippen LogP) is 4.83. The van der Waals surface area contributed by atoms with Crippen molar-refractivity contribution >= 4 is 28.1 Å². The number of benzene rings is 1. The van der Waals surface area contributed by atoms with Crippen LogP contribution in [0.25, 0.3) is 16.5 Å². The monoisotopic (exact) mass is 286 g/mol. The van der Waals surface area contributed by atoms with Crippen LogP contribution in [-0.2, 0) is 0 Å². The first kappa shape index (κ1) is 13.3. The van der Waals surface area contributed by atoms with Gasteiger partial charge in [-0.25, -0.2) is 0 Å². The molecule has 1 N–H and O–H groups in total. The molecule has 1 aliphatic heterocycles. The van der Waals surface area contributed by atoms with E-state index < -0.39 is 0 Å². The third-order valence-electron chi connectivity index (χ3n) is 4.06. The Labute approximate surface area is 124 Å². The fourth-order valence-corrected chi connectivity index (χ4v) is 3.03. The minimum absolute atomic E-state index is 0.742. The lowest BCUT2D eigenvalue weighted by Crippen LogP contribution is -2.28. The molecule has 0 amide bonds. The van der Waals surface area contributed by atoms with Gasteiger partial charge in [-0.1, -0.05) is 30.8 Å². The van der Waals surface area contributed by atoms with E-state index in [0.717, 1.165) is 45.8 Å². The Morgan fingerprint density at radius 2 is 1.90 bits per heavy atom. The number of allylic oxidation sites excluding steroid dienone is 1. The molecule has 1 aliphatic rings. The van der Waals surface area contributed by atoms with Gasteiger partial charge in [-0.2, -0.15) is 0 Å². The van der Waals surface area contributed by atoms with Crippen LogP contribution in [-0.4, -0.2) is 23.0 Å². The summed E-state index contributed by atoms with van der Waals surface area (Å²) in [6, 6.07) is 5.90. The summed E-state index contributed by atoms with van der Waals surface area (Å²) in [5.41, 5.74) is 4.20.